The molecule has 0 saturated heterocycles. The Bertz CT molecular complexity index is 705. The Morgan fingerprint density at radius 1 is 0.913 bits per heavy atom. The van der Waals surface area contributed by atoms with Crippen molar-refractivity contribution in [1.29, 1.82) is 0 Å². The molecule has 0 radical (unpaired) electrons. The summed E-state index contributed by atoms with van der Waals surface area (Å²) in [5.41, 5.74) is 0.218. The van der Waals surface area contributed by atoms with Gasteiger partial charge in [0.2, 0.25) is 5.75 Å². The summed E-state index contributed by atoms with van der Waals surface area (Å²) in [5.74, 6) is 0.602. The summed E-state index contributed by atoms with van der Waals surface area (Å²) in [6, 6.07) is 7.75. The molecule has 0 atom stereocenters. The van der Waals surface area contributed by atoms with Crippen LogP contribution in [0.1, 0.15) is 10.4 Å². The lowest BCUT2D eigenvalue weighted by molar-refractivity contribution is 0.0734. The minimum Gasteiger partial charge on any atom is -0.493 e. The number of methoxy groups -OCH3 is 3. The molecule has 7 heteroatoms. The zero-order valence-electron chi connectivity index (χ0n) is 12.7. The SMILES string of the molecule is COc1cc(C(=O)Oc2cccc(Cl)c2Cl)cc(OC)c1OC. The first kappa shape index (κ1) is 17.2. The number of esters is 1. The van der Waals surface area contributed by atoms with E-state index in [0.29, 0.717) is 22.3 Å². The second kappa shape index (κ2) is 7.44. The lowest BCUT2D eigenvalue weighted by Gasteiger charge is -2.14. The first-order chi connectivity index (χ1) is 11.0. The zero-order chi connectivity index (χ0) is 17.0. The number of halogens is 2. The number of carbonyl (C=O) groups excluding carboxylic acids is 1. The van der Waals surface area contributed by atoms with Crippen molar-refractivity contribution < 1.29 is 23.7 Å². The fourth-order valence-electron chi connectivity index (χ4n) is 1.92. The van der Waals surface area contributed by atoms with Crippen molar-refractivity contribution in [2.75, 3.05) is 21.3 Å². The molecular weight excluding hydrogens is 343 g/mol. The largest absolute Gasteiger partial charge is 0.493 e. The Morgan fingerprint density at radius 3 is 2.04 bits per heavy atom. The third-order valence-corrected chi connectivity index (χ3v) is 3.82. The first-order valence-electron chi connectivity index (χ1n) is 6.48. The van der Waals surface area contributed by atoms with Gasteiger partial charge in [-0.25, -0.2) is 4.79 Å². The molecule has 0 aliphatic rings. The van der Waals surface area contributed by atoms with Crippen LogP contribution < -0.4 is 18.9 Å². The van der Waals surface area contributed by atoms with Gasteiger partial charge in [0.05, 0.1) is 31.9 Å². The summed E-state index contributed by atoms with van der Waals surface area (Å²) in [6.07, 6.45) is 0. The molecule has 0 unspecified atom stereocenters. The molecule has 0 aliphatic carbocycles. The van der Waals surface area contributed by atoms with Crippen molar-refractivity contribution in [3.63, 3.8) is 0 Å². The lowest BCUT2D eigenvalue weighted by Crippen LogP contribution is -2.10. The summed E-state index contributed by atoms with van der Waals surface area (Å²) in [4.78, 5) is 12.3. The van der Waals surface area contributed by atoms with Crippen molar-refractivity contribution in [3.05, 3.63) is 45.9 Å². The molecule has 23 heavy (non-hydrogen) atoms. The summed E-state index contributed by atoms with van der Waals surface area (Å²) >= 11 is 11.9. The number of rotatable bonds is 5. The van der Waals surface area contributed by atoms with Crippen LogP contribution in [0.2, 0.25) is 10.0 Å². The molecule has 0 amide bonds. The third-order valence-electron chi connectivity index (χ3n) is 3.02. The fourth-order valence-corrected chi connectivity index (χ4v) is 2.25. The molecule has 0 aliphatic heterocycles. The van der Waals surface area contributed by atoms with Crippen LogP contribution >= 0.6 is 23.2 Å². The zero-order valence-corrected chi connectivity index (χ0v) is 14.2. The van der Waals surface area contributed by atoms with Gasteiger partial charge in [-0.05, 0) is 24.3 Å². The topological polar surface area (TPSA) is 54.0 Å². The molecule has 5 nitrogen and oxygen atoms in total. The van der Waals surface area contributed by atoms with E-state index in [2.05, 4.69) is 0 Å². The lowest BCUT2D eigenvalue weighted by atomic mass is 10.2. The standard InChI is InChI=1S/C16H14Cl2O5/c1-20-12-7-9(8-13(21-2)15(12)22-3)16(19)23-11-6-4-5-10(17)14(11)18/h4-8H,1-3H3. The molecule has 2 rings (SSSR count). The van der Waals surface area contributed by atoms with E-state index >= 15 is 0 Å². The van der Waals surface area contributed by atoms with Gasteiger partial charge in [-0.2, -0.15) is 0 Å². The molecule has 0 saturated carbocycles. The minimum absolute atomic E-state index is 0.162. The van der Waals surface area contributed by atoms with E-state index in [1.165, 1.54) is 33.5 Å². The van der Waals surface area contributed by atoms with Gasteiger partial charge in [0, 0.05) is 0 Å². The van der Waals surface area contributed by atoms with Crippen LogP contribution in [0, 0.1) is 0 Å². The summed E-state index contributed by atoms with van der Waals surface area (Å²) in [6.45, 7) is 0. The first-order valence-corrected chi connectivity index (χ1v) is 7.23. The van der Waals surface area contributed by atoms with E-state index in [1.807, 2.05) is 0 Å². The van der Waals surface area contributed by atoms with E-state index in [4.69, 9.17) is 42.1 Å². The number of hydrogen-bond donors (Lipinski definition) is 0. The molecular formula is C16H14Cl2O5. The maximum Gasteiger partial charge on any atom is 0.343 e. The van der Waals surface area contributed by atoms with E-state index < -0.39 is 5.97 Å². The van der Waals surface area contributed by atoms with Gasteiger partial charge in [0.25, 0.3) is 0 Å². The van der Waals surface area contributed by atoms with Crippen molar-refractivity contribution in [1.82, 2.24) is 0 Å². The molecule has 0 spiro atoms. The average Bonchev–Trinajstić information content (AvgIpc) is 2.57. The maximum atomic E-state index is 12.3. The number of carbonyl (C=O) groups is 1. The van der Waals surface area contributed by atoms with Gasteiger partial charge in [-0.15, -0.1) is 0 Å². The van der Waals surface area contributed by atoms with Crippen LogP contribution in [0.4, 0.5) is 0 Å². The van der Waals surface area contributed by atoms with Crippen LogP contribution in [0.15, 0.2) is 30.3 Å². The molecule has 0 aromatic heterocycles. The highest BCUT2D eigenvalue weighted by Gasteiger charge is 2.19. The summed E-state index contributed by atoms with van der Waals surface area (Å²) < 4.78 is 20.9. The average molecular weight is 357 g/mol. The van der Waals surface area contributed by atoms with Crippen LogP contribution in [-0.4, -0.2) is 27.3 Å². The van der Waals surface area contributed by atoms with Gasteiger partial charge in [-0.1, -0.05) is 29.3 Å². The third kappa shape index (κ3) is 3.63. The Morgan fingerprint density at radius 2 is 1.52 bits per heavy atom. The molecule has 2 aromatic carbocycles. The van der Waals surface area contributed by atoms with Crippen molar-refractivity contribution in [2.45, 2.75) is 0 Å². The normalized spacial score (nSPS) is 10.1. The van der Waals surface area contributed by atoms with Gasteiger partial charge in [0.15, 0.2) is 17.2 Å². The highest BCUT2D eigenvalue weighted by atomic mass is 35.5. The second-order valence-electron chi connectivity index (χ2n) is 4.36. The Balaban J connectivity index is 2.37. The van der Waals surface area contributed by atoms with E-state index in [9.17, 15) is 4.79 Å². The molecule has 122 valence electrons. The van der Waals surface area contributed by atoms with E-state index in [0.717, 1.165) is 0 Å². The van der Waals surface area contributed by atoms with Crippen molar-refractivity contribution >= 4 is 29.2 Å². The monoisotopic (exact) mass is 356 g/mol. The van der Waals surface area contributed by atoms with Crippen LogP contribution in [0.25, 0.3) is 0 Å². The highest BCUT2D eigenvalue weighted by molar-refractivity contribution is 6.43. The van der Waals surface area contributed by atoms with E-state index in [-0.39, 0.29) is 16.3 Å². The predicted molar refractivity (Wildman–Crippen MR) is 87.5 cm³/mol. The number of ether oxygens (including phenoxy) is 4. The fraction of sp³-hybridized carbons (Fsp3) is 0.188. The Hall–Kier alpha value is -2.11. The van der Waals surface area contributed by atoms with Gasteiger partial charge < -0.3 is 18.9 Å². The smallest absolute Gasteiger partial charge is 0.343 e. The van der Waals surface area contributed by atoms with Gasteiger partial charge >= 0.3 is 5.97 Å². The molecule has 2 aromatic rings. The minimum atomic E-state index is -0.631. The summed E-state index contributed by atoms with van der Waals surface area (Å²) in [5, 5.41) is 0.455. The molecule has 0 heterocycles. The quantitative estimate of drug-likeness (QED) is 0.592. The molecule has 0 N–H and O–H groups in total. The predicted octanol–water partition coefficient (Wildman–Crippen LogP) is 4.24. The van der Waals surface area contributed by atoms with Gasteiger partial charge in [-0.3, -0.25) is 0 Å². The Labute approximate surface area is 143 Å². The highest BCUT2D eigenvalue weighted by Crippen LogP contribution is 2.39. The van der Waals surface area contributed by atoms with Crippen LogP contribution in [0.5, 0.6) is 23.0 Å². The van der Waals surface area contributed by atoms with Gasteiger partial charge in [0.1, 0.15) is 5.02 Å². The Kier molecular flexibility index (Phi) is 5.58. The second-order valence-corrected chi connectivity index (χ2v) is 5.14. The molecule has 0 fully saturated rings. The van der Waals surface area contributed by atoms with E-state index in [1.54, 1.807) is 18.2 Å². The molecule has 0 bridgehead atoms. The number of hydrogen-bond acceptors (Lipinski definition) is 5. The summed E-state index contributed by atoms with van der Waals surface area (Å²) in [7, 11) is 4.39. The van der Waals surface area contributed by atoms with Crippen molar-refractivity contribution in [3.8, 4) is 23.0 Å². The maximum absolute atomic E-state index is 12.3. The van der Waals surface area contributed by atoms with Crippen molar-refractivity contribution in [2.24, 2.45) is 0 Å². The van der Waals surface area contributed by atoms with Crippen LogP contribution in [0.3, 0.4) is 0 Å². The number of benzene rings is 2. The van der Waals surface area contributed by atoms with Crippen LogP contribution in [-0.2, 0) is 0 Å².